The van der Waals surface area contributed by atoms with Gasteiger partial charge >= 0.3 is 0 Å². The van der Waals surface area contributed by atoms with Gasteiger partial charge in [-0.25, -0.2) is 0 Å². The Morgan fingerprint density at radius 3 is 2.56 bits per heavy atom. The Bertz CT molecular complexity index is 129. The lowest BCUT2D eigenvalue weighted by Crippen LogP contribution is -2.15. The number of amidine groups is 1. The highest BCUT2D eigenvalue weighted by atomic mass is 16.1. The Labute approximate surface area is 55.0 Å². The monoisotopic (exact) mass is 128 g/mol. The smallest absolute Gasteiger partial charge is 0.137 e. The van der Waals surface area contributed by atoms with E-state index in [-0.39, 0.29) is 12.2 Å². The van der Waals surface area contributed by atoms with Crippen molar-refractivity contribution in [3.8, 4) is 0 Å². The molecule has 3 heteroatoms. The summed E-state index contributed by atoms with van der Waals surface area (Å²) in [4.78, 5) is 14.2. The van der Waals surface area contributed by atoms with Crippen LogP contribution in [0.4, 0.5) is 0 Å². The summed E-state index contributed by atoms with van der Waals surface area (Å²) in [6.07, 6.45) is 0.286. The van der Waals surface area contributed by atoms with Crippen LogP contribution in [0.2, 0.25) is 0 Å². The lowest BCUT2D eigenvalue weighted by atomic mass is 10.3. The van der Waals surface area contributed by atoms with Crippen molar-refractivity contribution in [3.63, 3.8) is 0 Å². The zero-order valence-corrected chi connectivity index (χ0v) is 5.85. The predicted octanol–water partition coefficient (Wildman–Crippen LogP) is 0.343. The summed E-state index contributed by atoms with van der Waals surface area (Å²) in [7, 11) is 0. The quantitative estimate of drug-likeness (QED) is 0.440. The van der Waals surface area contributed by atoms with Crippen molar-refractivity contribution in [2.75, 3.05) is 6.54 Å². The van der Waals surface area contributed by atoms with Gasteiger partial charge in [0.05, 0.1) is 6.42 Å². The van der Waals surface area contributed by atoms with E-state index in [0.29, 0.717) is 12.4 Å². The first-order valence-corrected chi connectivity index (χ1v) is 2.95. The Kier molecular flexibility index (Phi) is 3.67. The molecule has 9 heavy (non-hydrogen) atoms. The average Bonchev–Trinajstić information content (AvgIpc) is 1.63. The summed E-state index contributed by atoms with van der Waals surface area (Å²) in [6.45, 7) is 4.03. The van der Waals surface area contributed by atoms with E-state index < -0.39 is 0 Å². The third kappa shape index (κ3) is 5.00. The van der Waals surface area contributed by atoms with Crippen LogP contribution >= 0.6 is 0 Å². The van der Waals surface area contributed by atoms with Crippen LogP contribution in [-0.4, -0.2) is 18.2 Å². The molecule has 0 aliphatic heterocycles. The molecule has 0 atom stereocenters. The van der Waals surface area contributed by atoms with Gasteiger partial charge < -0.3 is 5.73 Å². The molecule has 52 valence electrons. The van der Waals surface area contributed by atoms with Crippen molar-refractivity contribution in [1.29, 1.82) is 0 Å². The number of hydrogen-bond acceptors (Lipinski definition) is 2. The zero-order chi connectivity index (χ0) is 7.28. The van der Waals surface area contributed by atoms with Gasteiger partial charge in [0.2, 0.25) is 0 Å². The second-order valence-electron chi connectivity index (χ2n) is 1.84. The molecular formula is C6H12N2O. The first kappa shape index (κ1) is 8.14. The van der Waals surface area contributed by atoms with Crippen molar-refractivity contribution in [2.24, 2.45) is 10.7 Å². The van der Waals surface area contributed by atoms with Gasteiger partial charge in [0.25, 0.3) is 0 Å². The highest BCUT2D eigenvalue weighted by Crippen LogP contribution is 1.81. The second kappa shape index (κ2) is 4.06. The number of aliphatic imine (C=N–C) groups is 1. The van der Waals surface area contributed by atoms with E-state index in [4.69, 9.17) is 5.73 Å². The molecular weight excluding hydrogens is 116 g/mol. The minimum absolute atomic E-state index is 0.0599. The summed E-state index contributed by atoms with van der Waals surface area (Å²) in [5.74, 6) is 0.495. The fourth-order valence-electron chi connectivity index (χ4n) is 0.514. The van der Waals surface area contributed by atoms with Crippen molar-refractivity contribution in [2.45, 2.75) is 20.3 Å². The largest absolute Gasteiger partial charge is 0.387 e. The van der Waals surface area contributed by atoms with Gasteiger partial charge in [-0.2, -0.15) is 0 Å². The number of Topliss-reactive ketones (excluding diaryl/α,β-unsaturated/α-hetero) is 1. The summed E-state index contributed by atoms with van der Waals surface area (Å²) in [5, 5.41) is 0. The molecule has 0 heterocycles. The second-order valence-corrected chi connectivity index (χ2v) is 1.84. The van der Waals surface area contributed by atoms with Gasteiger partial charge in [0.1, 0.15) is 11.6 Å². The summed E-state index contributed by atoms with van der Waals surface area (Å²) < 4.78 is 0. The first-order valence-electron chi connectivity index (χ1n) is 2.95. The highest BCUT2D eigenvalue weighted by Gasteiger charge is 1.94. The number of nitrogens with zero attached hydrogens (tertiary/aromatic N) is 1. The van der Waals surface area contributed by atoms with Crippen molar-refractivity contribution < 1.29 is 4.79 Å². The zero-order valence-electron chi connectivity index (χ0n) is 5.85. The topological polar surface area (TPSA) is 55.4 Å². The Balaban J connectivity index is 3.62. The van der Waals surface area contributed by atoms with Crippen molar-refractivity contribution >= 4 is 11.6 Å². The van der Waals surface area contributed by atoms with Crippen LogP contribution in [-0.2, 0) is 4.79 Å². The van der Waals surface area contributed by atoms with E-state index in [9.17, 15) is 4.79 Å². The van der Waals surface area contributed by atoms with Gasteiger partial charge in [0.15, 0.2) is 0 Å². The first-order chi connectivity index (χ1) is 4.16. The SMILES string of the molecule is CCN=C(N)CC(C)=O. The molecule has 0 bridgehead atoms. The third-order valence-electron chi connectivity index (χ3n) is 0.791. The van der Waals surface area contributed by atoms with Gasteiger partial charge in [-0.3, -0.25) is 9.79 Å². The fraction of sp³-hybridized carbons (Fsp3) is 0.667. The maximum atomic E-state index is 10.4. The van der Waals surface area contributed by atoms with Crippen LogP contribution in [0.5, 0.6) is 0 Å². The predicted molar refractivity (Wildman–Crippen MR) is 37.5 cm³/mol. The molecule has 0 saturated carbocycles. The minimum Gasteiger partial charge on any atom is -0.387 e. The molecule has 0 radical (unpaired) electrons. The van der Waals surface area contributed by atoms with E-state index in [1.165, 1.54) is 6.92 Å². The molecule has 0 aromatic rings. The van der Waals surface area contributed by atoms with Crippen LogP contribution in [0.25, 0.3) is 0 Å². The standard InChI is InChI=1S/C6H12N2O/c1-3-8-6(7)4-5(2)9/h3-4H2,1-2H3,(H2,7,8). The van der Waals surface area contributed by atoms with Gasteiger partial charge in [-0.1, -0.05) is 0 Å². The molecule has 0 aromatic heterocycles. The van der Waals surface area contributed by atoms with E-state index in [1.807, 2.05) is 6.92 Å². The fourth-order valence-corrected chi connectivity index (χ4v) is 0.514. The van der Waals surface area contributed by atoms with Crippen LogP contribution in [0, 0.1) is 0 Å². The molecule has 0 spiro atoms. The molecule has 0 saturated heterocycles. The maximum absolute atomic E-state index is 10.4. The Morgan fingerprint density at radius 2 is 2.22 bits per heavy atom. The van der Waals surface area contributed by atoms with Crippen LogP contribution in [0.15, 0.2) is 4.99 Å². The van der Waals surface area contributed by atoms with Crippen LogP contribution in [0.1, 0.15) is 20.3 Å². The van der Waals surface area contributed by atoms with Gasteiger partial charge in [-0.15, -0.1) is 0 Å². The van der Waals surface area contributed by atoms with E-state index in [0.717, 1.165) is 0 Å². The molecule has 2 N–H and O–H groups in total. The molecule has 0 aliphatic rings. The van der Waals surface area contributed by atoms with E-state index in [1.54, 1.807) is 0 Å². The maximum Gasteiger partial charge on any atom is 0.137 e. The number of nitrogens with two attached hydrogens (primary N) is 1. The molecule has 3 nitrogen and oxygen atoms in total. The molecule has 0 rings (SSSR count). The normalized spacial score (nSPS) is 11.6. The van der Waals surface area contributed by atoms with E-state index >= 15 is 0 Å². The van der Waals surface area contributed by atoms with Crippen LogP contribution in [0.3, 0.4) is 0 Å². The van der Waals surface area contributed by atoms with Crippen molar-refractivity contribution in [3.05, 3.63) is 0 Å². The molecule has 0 fully saturated rings. The molecule has 0 amide bonds. The van der Waals surface area contributed by atoms with E-state index in [2.05, 4.69) is 4.99 Å². The highest BCUT2D eigenvalue weighted by molar-refractivity contribution is 5.98. The third-order valence-corrected chi connectivity index (χ3v) is 0.791. The Hall–Kier alpha value is -0.860. The van der Waals surface area contributed by atoms with Gasteiger partial charge in [0, 0.05) is 6.54 Å². The summed E-state index contributed by atoms with van der Waals surface area (Å²) in [5.41, 5.74) is 5.31. The lowest BCUT2D eigenvalue weighted by Gasteiger charge is -1.92. The van der Waals surface area contributed by atoms with Gasteiger partial charge in [-0.05, 0) is 13.8 Å². The summed E-state index contributed by atoms with van der Waals surface area (Å²) in [6, 6.07) is 0. The number of carbonyl (C=O) groups excluding carboxylic acids is 1. The average molecular weight is 128 g/mol. The Morgan fingerprint density at radius 1 is 1.67 bits per heavy atom. The number of rotatable bonds is 3. The summed E-state index contributed by atoms with van der Waals surface area (Å²) >= 11 is 0. The minimum atomic E-state index is 0.0599. The lowest BCUT2D eigenvalue weighted by molar-refractivity contribution is -0.115. The van der Waals surface area contributed by atoms with Crippen LogP contribution < -0.4 is 5.73 Å². The van der Waals surface area contributed by atoms with Crippen molar-refractivity contribution in [1.82, 2.24) is 0 Å². The number of carbonyl (C=O) groups is 1. The molecule has 0 aromatic carbocycles. The number of hydrogen-bond donors (Lipinski definition) is 1. The molecule has 0 aliphatic carbocycles. The number of ketones is 1. The molecule has 0 unspecified atom stereocenters.